The molecule has 3 aliphatic rings. The van der Waals surface area contributed by atoms with Gasteiger partial charge in [-0.05, 0) is 80.4 Å². The Labute approximate surface area is 214 Å². The average molecular weight is 505 g/mol. The molecule has 5 rings (SSSR count). The largest absolute Gasteiger partial charge is 0.378 e. The lowest BCUT2D eigenvalue weighted by Gasteiger charge is -2.26. The SMILES string of the molecule is Cc1cc(C)cc(-n2c(C)cc(C=C3C(=N)N4N=C(CC(=O)N5CCOCC5)SC4=NC3=O)c2C)c1. The Morgan fingerprint density at radius 3 is 2.50 bits per heavy atom. The lowest BCUT2D eigenvalue weighted by molar-refractivity contribution is -0.133. The average Bonchev–Trinajstić information content (AvgIpc) is 3.35. The van der Waals surface area contributed by atoms with Gasteiger partial charge in [0.25, 0.3) is 5.91 Å². The van der Waals surface area contributed by atoms with Crippen LogP contribution in [-0.2, 0) is 14.3 Å². The highest BCUT2D eigenvalue weighted by atomic mass is 32.2. The van der Waals surface area contributed by atoms with Crippen LogP contribution in [0.1, 0.15) is 34.5 Å². The van der Waals surface area contributed by atoms with Crippen LogP contribution >= 0.6 is 11.8 Å². The van der Waals surface area contributed by atoms with E-state index in [0.29, 0.717) is 36.5 Å². The molecule has 2 amide bonds. The fourth-order valence-corrected chi connectivity index (χ4v) is 5.60. The van der Waals surface area contributed by atoms with Crippen molar-refractivity contribution in [1.82, 2.24) is 14.5 Å². The van der Waals surface area contributed by atoms with Gasteiger partial charge in [0.15, 0.2) is 5.84 Å². The van der Waals surface area contributed by atoms with E-state index >= 15 is 0 Å². The molecule has 1 aromatic heterocycles. The first-order valence-electron chi connectivity index (χ1n) is 11.8. The zero-order valence-electron chi connectivity index (χ0n) is 20.8. The highest BCUT2D eigenvalue weighted by molar-refractivity contribution is 8.27. The molecule has 1 saturated heterocycles. The summed E-state index contributed by atoms with van der Waals surface area (Å²) >= 11 is 1.17. The van der Waals surface area contributed by atoms with Crippen molar-refractivity contribution < 1.29 is 14.3 Å². The molecule has 1 N–H and O–H groups in total. The van der Waals surface area contributed by atoms with Crippen molar-refractivity contribution in [2.45, 2.75) is 34.1 Å². The summed E-state index contributed by atoms with van der Waals surface area (Å²) in [7, 11) is 0. The van der Waals surface area contributed by atoms with Crippen LogP contribution in [0.15, 0.2) is 39.9 Å². The van der Waals surface area contributed by atoms with Crippen LogP contribution in [0.25, 0.3) is 11.8 Å². The monoisotopic (exact) mass is 504 g/mol. The summed E-state index contributed by atoms with van der Waals surface area (Å²) in [5.74, 6) is -0.564. The van der Waals surface area contributed by atoms with Crippen LogP contribution < -0.4 is 0 Å². The second kappa shape index (κ2) is 9.51. The molecule has 0 unspecified atom stereocenters. The molecule has 0 radical (unpaired) electrons. The van der Waals surface area contributed by atoms with Gasteiger partial charge in [-0.15, -0.1) is 0 Å². The van der Waals surface area contributed by atoms with Crippen LogP contribution in [0.3, 0.4) is 0 Å². The van der Waals surface area contributed by atoms with Crippen molar-refractivity contribution in [2.75, 3.05) is 26.3 Å². The van der Waals surface area contributed by atoms with Gasteiger partial charge in [-0.3, -0.25) is 15.0 Å². The number of nitrogens with zero attached hydrogens (tertiary/aromatic N) is 5. The first-order valence-corrected chi connectivity index (χ1v) is 12.6. The summed E-state index contributed by atoms with van der Waals surface area (Å²) in [5.41, 5.74) is 6.43. The van der Waals surface area contributed by atoms with Gasteiger partial charge in [-0.25, -0.2) is 0 Å². The molecule has 1 fully saturated rings. The number of aromatic nitrogens is 1. The van der Waals surface area contributed by atoms with Gasteiger partial charge in [0.1, 0.15) is 5.04 Å². The number of carbonyl (C=O) groups excluding carboxylic acids is 2. The zero-order chi connectivity index (χ0) is 25.6. The number of carbonyl (C=O) groups is 2. The number of hydrazone groups is 1. The lowest BCUT2D eigenvalue weighted by atomic mass is 10.1. The maximum absolute atomic E-state index is 12.9. The quantitative estimate of drug-likeness (QED) is 0.641. The number of nitrogens with one attached hydrogen (secondary N) is 1. The minimum Gasteiger partial charge on any atom is -0.378 e. The van der Waals surface area contributed by atoms with E-state index in [1.807, 2.05) is 19.9 Å². The van der Waals surface area contributed by atoms with Gasteiger partial charge in [0.05, 0.1) is 25.2 Å². The Morgan fingerprint density at radius 2 is 1.81 bits per heavy atom. The Bertz CT molecular complexity index is 1360. The molecule has 0 atom stereocenters. The Morgan fingerprint density at radius 1 is 1.11 bits per heavy atom. The van der Waals surface area contributed by atoms with E-state index < -0.39 is 5.91 Å². The van der Waals surface area contributed by atoms with Crippen molar-refractivity contribution in [3.8, 4) is 5.69 Å². The molecule has 10 heteroatoms. The summed E-state index contributed by atoms with van der Waals surface area (Å²) < 4.78 is 7.46. The summed E-state index contributed by atoms with van der Waals surface area (Å²) in [6.07, 6.45) is 1.82. The van der Waals surface area contributed by atoms with Gasteiger partial charge < -0.3 is 14.2 Å². The molecule has 0 bridgehead atoms. The second-order valence-corrected chi connectivity index (χ2v) is 10.2. The molecule has 0 saturated carbocycles. The Hall–Kier alpha value is -3.50. The normalized spacial score (nSPS) is 19.1. The highest BCUT2D eigenvalue weighted by Crippen LogP contribution is 2.31. The Balaban J connectivity index is 1.41. The van der Waals surface area contributed by atoms with E-state index in [1.54, 1.807) is 11.0 Å². The van der Waals surface area contributed by atoms with Crippen LogP contribution in [0, 0.1) is 33.1 Å². The number of benzene rings is 1. The van der Waals surface area contributed by atoms with Crippen molar-refractivity contribution in [3.05, 3.63) is 57.9 Å². The second-order valence-electron chi connectivity index (χ2n) is 9.19. The zero-order valence-corrected chi connectivity index (χ0v) is 21.6. The predicted octanol–water partition coefficient (Wildman–Crippen LogP) is 3.58. The number of aryl methyl sites for hydroxylation is 3. The third kappa shape index (κ3) is 4.54. The summed E-state index contributed by atoms with van der Waals surface area (Å²) in [6, 6.07) is 8.40. The maximum atomic E-state index is 12.9. The molecule has 3 aliphatic heterocycles. The number of morpholine rings is 1. The Kier molecular flexibility index (Phi) is 6.40. The number of amidine groups is 2. The van der Waals surface area contributed by atoms with E-state index in [2.05, 4.69) is 46.7 Å². The number of hydrogen-bond donors (Lipinski definition) is 1. The number of fused-ring (bicyclic) bond motifs is 1. The van der Waals surface area contributed by atoms with Gasteiger partial charge in [-0.2, -0.15) is 15.1 Å². The predicted molar refractivity (Wildman–Crippen MR) is 142 cm³/mol. The number of ether oxygens (including phenoxy) is 1. The van der Waals surface area contributed by atoms with E-state index in [4.69, 9.17) is 10.1 Å². The van der Waals surface area contributed by atoms with Crippen molar-refractivity contribution in [2.24, 2.45) is 10.1 Å². The molecule has 4 heterocycles. The topological polar surface area (TPSA) is 103 Å². The smallest absolute Gasteiger partial charge is 0.283 e. The van der Waals surface area contributed by atoms with Gasteiger partial charge in [0.2, 0.25) is 11.1 Å². The van der Waals surface area contributed by atoms with Crippen molar-refractivity contribution >= 4 is 45.7 Å². The third-order valence-electron chi connectivity index (χ3n) is 6.40. The van der Waals surface area contributed by atoms with Crippen molar-refractivity contribution in [3.63, 3.8) is 0 Å². The first kappa shape index (κ1) is 24.2. The van der Waals surface area contributed by atoms with Gasteiger partial charge in [0, 0.05) is 30.2 Å². The van der Waals surface area contributed by atoms with Crippen LogP contribution in [0.5, 0.6) is 0 Å². The number of hydrogen-bond acceptors (Lipinski definition) is 6. The number of amides is 2. The molecular weight excluding hydrogens is 476 g/mol. The number of thioether (sulfide) groups is 1. The van der Waals surface area contributed by atoms with E-state index in [0.717, 1.165) is 22.6 Å². The van der Waals surface area contributed by atoms with E-state index in [-0.39, 0.29) is 23.7 Å². The van der Waals surface area contributed by atoms with Crippen LogP contribution in [-0.4, -0.2) is 68.6 Å². The standard InChI is InChI=1S/C26H28N6O3S/c1-15-9-16(2)11-20(10-15)31-17(3)12-19(18(31)4)13-21-24(27)32-26(28-25(21)34)36-22(29-32)14-23(33)30-5-7-35-8-6-30/h9-13,27H,5-8,14H2,1-4H3. The molecular formula is C26H28N6O3S. The third-order valence-corrected chi connectivity index (χ3v) is 7.31. The minimum atomic E-state index is -0.481. The fraction of sp³-hybridized carbons (Fsp3) is 0.346. The van der Waals surface area contributed by atoms with E-state index in [1.165, 1.54) is 27.9 Å². The van der Waals surface area contributed by atoms with Gasteiger partial charge >= 0.3 is 0 Å². The number of aliphatic imine (C=N–C) groups is 1. The minimum absolute atomic E-state index is 0.0393. The van der Waals surface area contributed by atoms with Crippen LogP contribution in [0.4, 0.5) is 0 Å². The van der Waals surface area contributed by atoms with Crippen LogP contribution in [0.2, 0.25) is 0 Å². The summed E-state index contributed by atoms with van der Waals surface area (Å²) in [5, 5.41) is 15.3. The lowest BCUT2D eigenvalue weighted by Crippen LogP contribution is -2.41. The number of rotatable bonds is 4. The molecule has 1 aromatic carbocycles. The molecule has 186 valence electrons. The summed E-state index contributed by atoms with van der Waals surface area (Å²) in [6.45, 7) is 10.3. The fourth-order valence-electron chi connectivity index (χ4n) is 4.72. The summed E-state index contributed by atoms with van der Waals surface area (Å²) in [4.78, 5) is 31.5. The molecule has 9 nitrogen and oxygen atoms in total. The highest BCUT2D eigenvalue weighted by Gasteiger charge is 2.36. The maximum Gasteiger partial charge on any atom is 0.283 e. The van der Waals surface area contributed by atoms with Crippen molar-refractivity contribution in [1.29, 1.82) is 5.41 Å². The molecule has 0 aliphatic carbocycles. The molecule has 0 spiro atoms. The first-order chi connectivity index (χ1) is 17.2. The van der Waals surface area contributed by atoms with Gasteiger partial charge in [-0.1, -0.05) is 6.07 Å². The molecule has 36 heavy (non-hydrogen) atoms. The van der Waals surface area contributed by atoms with E-state index in [9.17, 15) is 9.59 Å². The molecule has 2 aromatic rings.